The predicted octanol–water partition coefficient (Wildman–Crippen LogP) is 1.96. The molecule has 5 nitrogen and oxygen atoms in total. The highest BCUT2D eigenvalue weighted by molar-refractivity contribution is 6.09. The van der Waals surface area contributed by atoms with Crippen molar-refractivity contribution in [3.63, 3.8) is 0 Å². The van der Waals surface area contributed by atoms with Crippen LogP contribution in [-0.4, -0.2) is 34.8 Å². The highest BCUT2D eigenvalue weighted by Gasteiger charge is 2.42. The number of nitrogens with zero attached hydrogens (tertiary/aromatic N) is 1. The van der Waals surface area contributed by atoms with E-state index in [-0.39, 0.29) is 23.8 Å². The number of aliphatic hydroxyl groups is 1. The Hall–Kier alpha value is -2.14. The summed E-state index contributed by atoms with van der Waals surface area (Å²) in [5.41, 5.74) is 6.58. The van der Waals surface area contributed by atoms with Gasteiger partial charge in [-0.25, -0.2) is 0 Å². The van der Waals surface area contributed by atoms with Crippen LogP contribution in [-0.2, 0) is 9.59 Å². The molecule has 2 rings (SSSR count). The van der Waals surface area contributed by atoms with Gasteiger partial charge in [-0.3, -0.25) is 9.59 Å². The van der Waals surface area contributed by atoms with Crippen LogP contribution < -0.4 is 5.73 Å². The largest absolute Gasteiger partial charge is 0.503 e. The van der Waals surface area contributed by atoms with E-state index in [1.807, 2.05) is 44.2 Å². The minimum absolute atomic E-state index is 0.155. The van der Waals surface area contributed by atoms with Gasteiger partial charge in [-0.2, -0.15) is 0 Å². The van der Waals surface area contributed by atoms with E-state index in [0.29, 0.717) is 13.0 Å². The van der Waals surface area contributed by atoms with Crippen LogP contribution in [0.5, 0.6) is 0 Å². The topological polar surface area (TPSA) is 83.6 Å². The first kappa shape index (κ1) is 16.2. The molecule has 1 aliphatic heterocycles. The van der Waals surface area contributed by atoms with Gasteiger partial charge in [0.2, 0.25) is 0 Å². The van der Waals surface area contributed by atoms with Crippen molar-refractivity contribution in [2.75, 3.05) is 13.1 Å². The van der Waals surface area contributed by atoms with Crippen LogP contribution >= 0.6 is 0 Å². The van der Waals surface area contributed by atoms with Crippen molar-refractivity contribution < 1.29 is 14.7 Å². The highest BCUT2D eigenvalue weighted by atomic mass is 16.3. The number of nitrogens with two attached hydrogens (primary N) is 1. The second-order valence-electron chi connectivity index (χ2n) is 5.88. The molecular formula is C17H22N2O3. The molecule has 1 atom stereocenters. The van der Waals surface area contributed by atoms with Crippen LogP contribution in [0.3, 0.4) is 0 Å². The molecule has 1 aliphatic rings. The fraction of sp³-hybridized carbons (Fsp3) is 0.412. The van der Waals surface area contributed by atoms with Crippen molar-refractivity contribution in [1.29, 1.82) is 0 Å². The van der Waals surface area contributed by atoms with Crippen molar-refractivity contribution >= 4 is 11.7 Å². The lowest BCUT2D eigenvalue weighted by atomic mass is 9.92. The maximum atomic E-state index is 12.5. The number of carbonyl (C=O) groups excluding carboxylic acids is 2. The molecule has 0 spiro atoms. The number of rotatable bonds is 6. The SMILES string of the molecule is CC(C)CC(=O)C1=C(O)C(=O)N(CCN)C1c1ccccc1. The van der Waals surface area contributed by atoms with E-state index in [9.17, 15) is 14.7 Å². The first-order chi connectivity index (χ1) is 10.5. The molecule has 0 aliphatic carbocycles. The minimum atomic E-state index is -0.552. The van der Waals surface area contributed by atoms with Gasteiger partial charge in [0.1, 0.15) is 0 Å². The van der Waals surface area contributed by atoms with Crippen LogP contribution in [0.15, 0.2) is 41.7 Å². The van der Waals surface area contributed by atoms with Crippen LogP contribution in [0.4, 0.5) is 0 Å². The number of ketones is 1. The summed E-state index contributed by atoms with van der Waals surface area (Å²) in [6, 6.07) is 8.71. The van der Waals surface area contributed by atoms with Crippen molar-refractivity contribution in [2.24, 2.45) is 11.7 Å². The lowest BCUT2D eigenvalue weighted by Crippen LogP contribution is -2.35. The normalized spacial score (nSPS) is 18.5. The molecular weight excluding hydrogens is 280 g/mol. The second-order valence-corrected chi connectivity index (χ2v) is 5.88. The zero-order valence-corrected chi connectivity index (χ0v) is 13.0. The molecule has 0 fully saturated rings. The Morgan fingerprint density at radius 3 is 2.50 bits per heavy atom. The molecule has 0 radical (unpaired) electrons. The molecule has 0 saturated heterocycles. The summed E-state index contributed by atoms with van der Waals surface area (Å²) in [7, 11) is 0. The maximum absolute atomic E-state index is 12.5. The molecule has 1 amide bonds. The van der Waals surface area contributed by atoms with Crippen LogP contribution in [0.1, 0.15) is 31.9 Å². The van der Waals surface area contributed by atoms with Gasteiger partial charge in [-0.15, -0.1) is 0 Å². The van der Waals surface area contributed by atoms with Gasteiger partial charge < -0.3 is 15.7 Å². The molecule has 1 aromatic rings. The first-order valence-corrected chi connectivity index (χ1v) is 7.49. The Labute approximate surface area is 130 Å². The van der Waals surface area contributed by atoms with E-state index < -0.39 is 17.7 Å². The average Bonchev–Trinajstić information content (AvgIpc) is 2.73. The number of Topliss-reactive ketones (excluding diaryl/α,β-unsaturated/α-hetero) is 1. The standard InChI is InChI=1S/C17H22N2O3/c1-11(2)10-13(20)14-15(12-6-4-3-5-7-12)19(9-8-18)17(22)16(14)21/h3-7,11,15,21H,8-10,18H2,1-2H3. The summed E-state index contributed by atoms with van der Waals surface area (Å²) in [4.78, 5) is 26.3. The molecule has 0 saturated carbocycles. The first-order valence-electron chi connectivity index (χ1n) is 7.49. The van der Waals surface area contributed by atoms with Gasteiger partial charge in [0, 0.05) is 19.5 Å². The summed E-state index contributed by atoms with van der Waals surface area (Å²) in [6.07, 6.45) is 0.298. The monoisotopic (exact) mass is 302 g/mol. The fourth-order valence-electron chi connectivity index (χ4n) is 2.77. The molecule has 1 aromatic carbocycles. The van der Waals surface area contributed by atoms with Gasteiger partial charge in [-0.1, -0.05) is 44.2 Å². The van der Waals surface area contributed by atoms with Gasteiger partial charge in [0.05, 0.1) is 11.6 Å². The summed E-state index contributed by atoms with van der Waals surface area (Å²) in [5.74, 6) is -0.989. The van der Waals surface area contributed by atoms with Gasteiger partial charge in [-0.05, 0) is 11.5 Å². The van der Waals surface area contributed by atoms with E-state index >= 15 is 0 Å². The van der Waals surface area contributed by atoms with E-state index in [1.165, 1.54) is 4.90 Å². The Morgan fingerprint density at radius 2 is 1.95 bits per heavy atom. The highest BCUT2D eigenvalue weighted by Crippen LogP contribution is 2.38. The van der Waals surface area contributed by atoms with E-state index in [0.717, 1.165) is 5.56 Å². The summed E-state index contributed by atoms with van der Waals surface area (Å²) in [6.45, 7) is 4.43. The van der Waals surface area contributed by atoms with Crippen LogP contribution in [0.25, 0.3) is 0 Å². The molecule has 0 aromatic heterocycles. The summed E-state index contributed by atoms with van der Waals surface area (Å²) >= 11 is 0. The molecule has 1 heterocycles. The number of amides is 1. The maximum Gasteiger partial charge on any atom is 0.290 e. The molecule has 5 heteroatoms. The third-order valence-electron chi connectivity index (χ3n) is 3.68. The smallest absolute Gasteiger partial charge is 0.290 e. The number of carbonyl (C=O) groups is 2. The lowest BCUT2D eigenvalue weighted by molar-refractivity contribution is -0.129. The average molecular weight is 302 g/mol. The predicted molar refractivity (Wildman–Crippen MR) is 84.1 cm³/mol. The molecule has 22 heavy (non-hydrogen) atoms. The third kappa shape index (κ3) is 3.04. The molecule has 1 unspecified atom stereocenters. The zero-order chi connectivity index (χ0) is 16.3. The van der Waals surface area contributed by atoms with Crippen molar-refractivity contribution in [1.82, 2.24) is 4.90 Å². The van der Waals surface area contributed by atoms with Crippen molar-refractivity contribution in [3.05, 3.63) is 47.2 Å². The number of benzene rings is 1. The van der Waals surface area contributed by atoms with Crippen molar-refractivity contribution in [3.8, 4) is 0 Å². The van der Waals surface area contributed by atoms with Crippen molar-refractivity contribution in [2.45, 2.75) is 26.3 Å². The Bertz CT molecular complexity index is 593. The summed E-state index contributed by atoms with van der Waals surface area (Å²) < 4.78 is 0. The third-order valence-corrected chi connectivity index (χ3v) is 3.68. The van der Waals surface area contributed by atoms with Gasteiger partial charge in [0.25, 0.3) is 5.91 Å². The van der Waals surface area contributed by atoms with Gasteiger partial charge >= 0.3 is 0 Å². The molecule has 118 valence electrons. The zero-order valence-electron chi connectivity index (χ0n) is 13.0. The van der Waals surface area contributed by atoms with E-state index in [4.69, 9.17) is 5.73 Å². The van der Waals surface area contributed by atoms with Crippen LogP contribution in [0.2, 0.25) is 0 Å². The van der Waals surface area contributed by atoms with E-state index in [1.54, 1.807) is 0 Å². The molecule has 3 N–H and O–H groups in total. The Kier molecular flexibility index (Phi) is 4.98. The fourth-order valence-corrected chi connectivity index (χ4v) is 2.77. The van der Waals surface area contributed by atoms with Gasteiger partial charge in [0.15, 0.2) is 11.5 Å². The van der Waals surface area contributed by atoms with E-state index in [2.05, 4.69) is 0 Å². The lowest BCUT2D eigenvalue weighted by Gasteiger charge is -2.26. The minimum Gasteiger partial charge on any atom is -0.503 e. The number of hydrogen-bond donors (Lipinski definition) is 2. The summed E-state index contributed by atoms with van der Waals surface area (Å²) in [5, 5.41) is 10.2. The number of hydrogen-bond acceptors (Lipinski definition) is 4. The molecule has 0 bridgehead atoms. The second kappa shape index (κ2) is 6.75. The Morgan fingerprint density at radius 1 is 1.32 bits per heavy atom. The number of aliphatic hydroxyl groups excluding tert-OH is 1. The van der Waals surface area contributed by atoms with Crippen LogP contribution in [0, 0.1) is 5.92 Å². The quantitative estimate of drug-likeness (QED) is 0.841. The Balaban J connectivity index is 2.46.